The fraction of sp³-hybridized carbons (Fsp3) is 0.400. The zero-order valence-corrected chi connectivity index (χ0v) is 14.9. The third-order valence-corrected chi connectivity index (χ3v) is 5.13. The van der Waals surface area contributed by atoms with Crippen molar-refractivity contribution in [2.75, 3.05) is 13.1 Å². The summed E-state index contributed by atoms with van der Waals surface area (Å²) in [6.07, 6.45) is -0.124. The number of hydrogen-bond acceptors (Lipinski definition) is 3. The first-order valence-corrected chi connectivity index (χ1v) is 8.82. The lowest BCUT2D eigenvalue weighted by Gasteiger charge is -2.37. The fourth-order valence-electron chi connectivity index (χ4n) is 3.67. The van der Waals surface area contributed by atoms with Crippen LogP contribution in [0.1, 0.15) is 41.1 Å². The molecule has 27 heavy (non-hydrogen) atoms. The highest BCUT2D eigenvalue weighted by molar-refractivity contribution is 5.70. The Labute approximate surface area is 155 Å². The summed E-state index contributed by atoms with van der Waals surface area (Å²) in [5.74, 6) is -1.22. The van der Waals surface area contributed by atoms with Crippen LogP contribution in [0.15, 0.2) is 42.7 Å². The van der Waals surface area contributed by atoms with Crippen LogP contribution in [0.25, 0.3) is 0 Å². The Morgan fingerprint density at radius 1 is 1.26 bits per heavy atom. The van der Waals surface area contributed by atoms with Gasteiger partial charge in [-0.15, -0.1) is 0 Å². The zero-order chi connectivity index (χ0) is 19.6. The summed E-state index contributed by atoms with van der Waals surface area (Å²) >= 11 is 0. The maximum absolute atomic E-state index is 13.2. The van der Waals surface area contributed by atoms with Crippen LogP contribution in [-0.2, 0) is 11.0 Å². The topological polar surface area (TPSA) is 53.4 Å². The zero-order valence-electron chi connectivity index (χ0n) is 14.9. The molecule has 0 saturated carbocycles. The summed E-state index contributed by atoms with van der Waals surface area (Å²) in [5.41, 5.74) is 1.64. The number of hydrogen-bond donors (Lipinski definition) is 1. The summed E-state index contributed by atoms with van der Waals surface area (Å²) in [7, 11) is 0. The molecule has 1 aromatic carbocycles. The van der Waals surface area contributed by atoms with Crippen molar-refractivity contribution >= 4 is 5.97 Å². The highest BCUT2D eigenvalue weighted by Crippen LogP contribution is 2.37. The van der Waals surface area contributed by atoms with E-state index in [0.717, 1.165) is 17.2 Å². The Morgan fingerprint density at radius 2 is 1.96 bits per heavy atom. The van der Waals surface area contributed by atoms with Crippen molar-refractivity contribution in [1.29, 1.82) is 0 Å². The highest BCUT2D eigenvalue weighted by Gasteiger charge is 2.34. The third-order valence-electron chi connectivity index (χ3n) is 5.13. The monoisotopic (exact) mass is 378 g/mol. The second-order valence-electron chi connectivity index (χ2n) is 6.91. The lowest BCUT2D eigenvalue weighted by molar-refractivity contribution is -0.143. The van der Waals surface area contributed by atoms with Crippen molar-refractivity contribution in [3.63, 3.8) is 0 Å². The number of halogens is 3. The molecule has 1 fully saturated rings. The van der Waals surface area contributed by atoms with Gasteiger partial charge in [0.2, 0.25) is 0 Å². The lowest BCUT2D eigenvalue weighted by Crippen LogP contribution is -2.39. The predicted octanol–water partition coefficient (Wildman–Crippen LogP) is 4.29. The van der Waals surface area contributed by atoms with E-state index in [-0.39, 0.29) is 6.04 Å². The van der Waals surface area contributed by atoms with Gasteiger partial charge in [0.15, 0.2) is 0 Å². The van der Waals surface area contributed by atoms with Gasteiger partial charge >= 0.3 is 12.1 Å². The molecule has 1 saturated heterocycles. The van der Waals surface area contributed by atoms with E-state index in [1.807, 2.05) is 13.0 Å². The number of alkyl halides is 3. The molecule has 1 unspecified atom stereocenters. The Balaban J connectivity index is 2.00. The van der Waals surface area contributed by atoms with Crippen LogP contribution < -0.4 is 0 Å². The molecule has 0 amide bonds. The third kappa shape index (κ3) is 4.30. The van der Waals surface area contributed by atoms with E-state index in [2.05, 4.69) is 9.88 Å². The van der Waals surface area contributed by atoms with Gasteiger partial charge in [-0.3, -0.25) is 14.7 Å². The number of nitrogens with zero attached hydrogens (tertiary/aromatic N) is 2. The largest absolute Gasteiger partial charge is 0.481 e. The van der Waals surface area contributed by atoms with Gasteiger partial charge in [-0.2, -0.15) is 13.2 Å². The van der Waals surface area contributed by atoms with Gasteiger partial charge in [-0.25, -0.2) is 0 Å². The van der Waals surface area contributed by atoms with Crippen molar-refractivity contribution in [2.24, 2.45) is 5.92 Å². The molecule has 1 aliphatic rings. The molecule has 1 aliphatic heterocycles. The molecule has 1 aromatic heterocycles. The lowest BCUT2D eigenvalue weighted by atomic mass is 9.89. The number of carbonyl (C=O) groups is 1. The van der Waals surface area contributed by atoms with Gasteiger partial charge in [-0.1, -0.05) is 12.1 Å². The molecule has 3 rings (SSSR count). The maximum Gasteiger partial charge on any atom is 0.416 e. The van der Waals surface area contributed by atoms with E-state index in [1.54, 1.807) is 18.5 Å². The smallest absolute Gasteiger partial charge is 0.416 e. The Kier molecular flexibility index (Phi) is 5.51. The molecule has 1 atom stereocenters. The fourth-order valence-corrected chi connectivity index (χ4v) is 3.67. The summed E-state index contributed by atoms with van der Waals surface area (Å²) in [6, 6.07) is 6.83. The molecule has 2 heterocycles. The van der Waals surface area contributed by atoms with E-state index in [4.69, 9.17) is 0 Å². The van der Waals surface area contributed by atoms with Gasteiger partial charge < -0.3 is 5.11 Å². The van der Waals surface area contributed by atoms with Crippen LogP contribution in [0.4, 0.5) is 13.2 Å². The number of aromatic nitrogens is 1. The first-order chi connectivity index (χ1) is 12.8. The molecular weight excluding hydrogens is 357 g/mol. The standard InChI is InChI=1S/C20H21F3N2O2/c1-13-12-24-8-5-17(13)18(25-9-6-14(7-10-25)19(26)27)15-3-2-4-16(11-15)20(21,22)23/h2-5,8,11-12,14,18H,6-7,9-10H2,1H3,(H,26,27). The van der Waals surface area contributed by atoms with Gasteiger partial charge in [0.25, 0.3) is 0 Å². The van der Waals surface area contributed by atoms with E-state index in [0.29, 0.717) is 31.5 Å². The molecule has 0 bridgehead atoms. The van der Waals surface area contributed by atoms with Gasteiger partial charge in [-0.05, 0) is 67.7 Å². The van der Waals surface area contributed by atoms with Crippen molar-refractivity contribution in [2.45, 2.75) is 32.0 Å². The minimum absolute atomic E-state index is 0.370. The SMILES string of the molecule is Cc1cnccc1C(c1cccc(C(F)(F)F)c1)N1CCC(C(=O)O)CC1. The second-order valence-corrected chi connectivity index (χ2v) is 6.91. The van der Waals surface area contributed by atoms with E-state index >= 15 is 0 Å². The number of pyridine rings is 1. The van der Waals surface area contributed by atoms with Crippen molar-refractivity contribution in [3.05, 3.63) is 65.0 Å². The molecule has 7 heteroatoms. The Morgan fingerprint density at radius 3 is 2.56 bits per heavy atom. The van der Waals surface area contributed by atoms with Crippen LogP contribution in [0.5, 0.6) is 0 Å². The van der Waals surface area contributed by atoms with Crippen LogP contribution >= 0.6 is 0 Å². The summed E-state index contributed by atoms with van der Waals surface area (Å²) in [6.45, 7) is 2.91. The number of carboxylic acid groups (broad SMARTS) is 1. The molecule has 0 spiro atoms. The minimum atomic E-state index is -4.41. The number of carboxylic acids is 1. The Bertz CT molecular complexity index is 815. The quantitative estimate of drug-likeness (QED) is 0.862. The predicted molar refractivity (Wildman–Crippen MR) is 94.2 cm³/mol. The number of aryl methyl sites for hydroxylation is 1. The molecular formula is C20H21F3N2O2. The molecule has 0 radical (unpaired) electrons. The molecule has 1 N–H and O–H groups in total. The van der Waals surface area contributed by atoms with Crippen LogP contribution in [-0.4, -0.2) is 34.0 Å². The van der Waals surface area contributed by atoms with E-state index < -0.39 is 23.6 Å². The molecule has 4 nitrogen and oxygen atoms in total. The summed E-state index contributed by atoms with van der Waals surface area (Å²) < 4.78 is 39.6. The molecule has 144 valence electrons. The van der Waals surface area contributed by atoms with E-state index in [9.17, 15) is 23.1 Å². The van der Waals surface area contributed by atoms with Gasteiger partial charge in [0.1, 0.15) is 0 Å². The molecule has 2 aromatic rings. The number of aliphatic carboxylic acids is 1. The maximum atomic E-state index is 13.2. The number of likely N-dealkylation sites (tertiary alicyclic amines) is 1. The number of rotatable bonds is 4. The van der Waals surface area contributed by atoms with Crippen LogP contribution in [0.3, 0.4) is 0 Å². The summed E-state index contributed by atoms with van der Waals surface area (Å²) in [5, 5.41) is 9.22. The van der Waals surface area contributed by atoms with Gasteiger partial charge in [0.05, 0.1) is 17.5 Å². The van der Waals surface area contributed by atoms with Crippen molar-refractivity contribution in [1.82, 2.24) is 9.88 Å². The number of piperidine rings is 1. The first-order valence-electron chi connectivity index (χ1n) is 8.82. The highest BCUT2D eigenvalue weighted by atomic mass is 19.4. The average molecular weight is 378 g/mol. The normalized spacial score (nSPS) is 17.6. The van der Waals surface area contributed by atoms with Crippen LogP contribution in [0.2, 0.25) is 0 Å². The van der Waals surface area contributed by atoms with Crippen molar-refractivity contribution < 1.29 is 23.1 Å². The summed E-state index contributed by atoms with van der Waals surface area (Å²) in [4.78, 5) is 17.4. The van der Waals surface area contributed by atoms with Gasteiger partial charge in [0, 0.05) is 12.4 Å². The first kappa shape index (κ1) is 19.4. The Hall–Kier alpha value is -2.41. The number of benzene rings is 1. The van der Waals surface area contributed by atoms with Crippen molar-refractivity contribution in [3.8, 4) is 0 Å². The van der Waals surface area contributed by atoms with Crippen LogP contribution in [0, 0.1) is 12.8 Å². The average Bonchev–Trinajstić information content (AvgIpc) is 2.63. The van der Waals surface area contributed by atoms with E-state index in [1.165, 1.54) is 12.1 Å². The molecule has 0 aliphatic carbocycles. The minimum Gasteiger partial charge on any atom is -0.481 e. The second kappa shape index (κ2) is 7.68.